The third-order valence-corrected chi connectivity index (χ3v) is 3.53. The molecule has 0 aliphatic heterocycles. The van der Waals surface area contributed by atoms with Gasteiger partial charge in [-0.25, -0.2) is 4.98 Å². The van der Waals surface area contributed by atoms with Crippen LogP contribution >= 0.6 is 0 Å². The first-order valence-electron chi connectivity index (χ1n) is 7.12. The van der Waals surface area contributed by atoms with Gasteiger partial charge in [-0.05, 0) is 45.2 Å². The molecule has 2 rings (SSSR count). The van der Waals surface area contributed by atoms with E-state index in [4.69, 9.17) is 9.84 Å². The molecule has 114 valence electrons. The normalized spacial score (nSPS) is 21.3. The zero-order valence-electron chi connectivity index (χ0n) is 12.2. The first kappa shape index (κ1) is 15.3. The molecule has 0 spiro atoms. The van der Waals surface area contributed by atoms with Gasteiger partial charge in [0.2, 0.25) is 11.8 Å². The summed E-state index contributed by atoms with van der Waals surface area (Å²) in [6.07, 6.45) is 3.10. The van der Waals surface area contributed by atoms with Crippen LogP contribution in [0.2, 0.25) is 0 Å². The van der Waals surface area contributed by atoms with E-state index < -0.39 is 11.9 Å². The lowest BCUT2D eigenvalue weighted by molar-refractivity contribution is -0.141. The Labute approximate surface area is 123 Å². The number of anilines is 1. The van der Waals surface area contributed by atoms with Crippen LogP contribution in [0, 0.1) is 11.8 Å². The maximum Gasteiger partial charge on any atom is 0.306 e. The number of nitrogens with one attached hydrogen (secondary N) is 1. The molecular formula is C15H20N2O4. The van der Waals surface area contributed by atoms with E-state index >= 15 is 0 Å². The molecule has 0 aromatic carbocycles. The number of ether oxygens (including phenoxy) is 1. The standard InChI is InChI=1S/C15H20N2O4/c1-9(2)21-14-12(4-3-7-16-14)17-13(18)10-5-6-11(8-10)15(19)20/h3-4,7,9-11H,5-6,8H2,1-2H3,(H,17,18)(H,19,20). The van der Waals surface area contributed by atoms with Crippen molar-refractivity contribution in [3.05, 3.63) is 18.3 Å². The molecule has 1 aromatic heterocycles. The Kier molecular flexibility index (Phi) is 4.77. The van der Waals surface area contributed by atoms with Crippen LogP contribution in [0.15, 0.2) is 18.3 Å². The highest BCUT2D eigenvalue weighted by Gasteiger charge is 2.34. The van der Waals surface area contributed by atoms with Gasteiger partial charge in [0.1, 0.15) is 5.69 Å². The van der Waals surface area contributed by atoms with Gasteiger partial charge in [0.15, 0.2) is 0 Å². The second kappa shape index (κ2) is 6.56. The van der Waals surface area contributed by atoms with E-state index in [0.29, 0.717) is 30.8 Å². The lowest BCUT2D eigenvalue weighted by atomic mass is 10.0. The molecule has 1 saturated carbocycles. The molecule has 2 N–H and O–H groups in total. The van der Waals surface area contributed by atoms with E-state index in [-0.39, 0.29) is 17.9 Å². The number of nitrogens with zero attached hydrogens (tertiary/aromatic N) is 1. The average molecular weight is 292 g/mol. The van der Waals surface area contributed by atoms with Crippen LogP contribution in [-0.4, -0.2) is 28.1 Å². The number of carbonyl (C=O) groups is 2. The topological polar surface area (TPSA) is 88.5 Å². The lowest BCUT2D eigenvalue weighted by Crippen LogP contribution is -2.22. The number of aliphatic carboxylic acids is 1. The minimum atomic E-state index is -0.824. The van der Waals surface area contributed by atoms with Crippen molar-refractivity contribution in [3.63, 3.8) is 0 Å². The number of carbonyl (C=O) groups excluding carboxylic acids is 1. The lowest BCUT2D eigenvalue weighted by Gasteiger charge is -2.15. The van der Waals surface area contributed by atoms with Crippen LogP contribution in [0.3, 0.4) is 0 Å². The minimum Gasteiger partial charge on any atom is -0.481 e. The molecule has 2 atom stereocenters. The zero-order valence-corrected chi connectivity index (χ0v) is 12.2. The molecule has 1 amide bonds. The van der Waals surface area contributed by atoms with Gasteiger partial charge in [-0.15, -0.1) is 0 Å². The number of carboxylic acid groups (broad SMARTS) is 1. The van der Waals surface area contributed by atoms with E-state index in [1.54, 1.807) is 18.3 Å². The second-order valence-electron chi connectivity index (χ2n) is 5.56. The Hall–Kier alpha value is -2.11. The van der Waals surface area contributed by atoms with Gasteiger partial charge in [-0.3, -0.25) is 9.59 Å². The summed E-state index contributed by atoms with van der Waals surface area (Å²) in [5.41, 5.74) is 0.523. The fourth-order valence-corrected chi connectivity index (χ4v) is 2.48. The van der Waals surface area contributed by atoms with Crippen molar-refractivity contribution >= 4 is 17.6 Å². The number of carboxylic acids is 1. The molecule has 1 aromatic rings. The molecule has 1 aliphatic rings. The van der Waals surface area contributed by atoms with Gasteiger partial charge in [-0.2, -0.15) is 0 Å². The van der Waals surface area contributed by atoms with Crippen molar-refractivity contribution in [1.29, 1.82) is 0 Å². The van der Waals surface area contributed by atoms with E-state index in [1.165, 1.54) is 0 Å². The zero-order chi connectivity index (χ0) is 15.4. The molecule has 6 heteroatoms. The maximum absolute atomic E-state index is 12.2. The van der Waals surface area contributed by atoms with Crippen LogP contribution in [0.25, 0.3) is 0 Å². The SMILES string of the molecule is CC(C)Oc1ncccc1NC(=O)C1CCC(C(=O)O)C1. The predicted octanol–water partition coefficient (Wildman–Crippen LogP) is 2.31. The molecule has 0 radical (unpaired) electrons. The second-order valence-corrected chi connectivity index (χ2v) is 5.56. The summed E-state index contributed by atoms with van der Waals surface area (Å²) in [4.78, 5) is 27.3. The molecule has 1 heterocycles. The first-order chi connectivity index (χ1) is 9.97. The Morgan fingerprint density at radius 1 is 1.38 bits per heavy atom. The van der Waals surface area contributed by atoms with Gasteiger partial charge < -0.3 is 15.2 Å². The third-order valence-electron chi connectivity index (χ3n) is 3.53. The van der Waals surface area contributed by atoms with E-state index in [2.05, 4.69) is 10.3 Å². The van der Waals surface area contributed by atoms with Crippen LogP contribution < -0.4 is 10.1 Å². The highest BCUT2D eigenvalue weighted by Crippen LogP contribution is 2.32. The quantitative estimate of drug-likeness (QED) is 0.869. The summed E-state index contributed by atoms with van der Waals surface area (Å²) in [5, 5.41) is 11.8. The summed E-state index contributed by atoms with van der Waals surface area (Å²) in [7, 11) is 0. The summed E-state index contributed by atoms with van der Waals surface area (Å²) in [6, 6.07) is 3.45. The van der Waals surface area contributed by atoms with Gasteiger partial charge >= 0.3 is 5.97 Å². The van der Waals surface area contributed by atoms with Crippen molar-refractivity contribution in [2.45, 2.75) is 39.2 Å². The number of amides is 1. The fraction of sp³-hybridized carbons (Fsp3) is 0.533. The summed E-state index contributed by atoms with van der Waals surface area (Å²) >= 11 is 0. The summed E-state index contributed by atoms with van der Waals surface area (Å²) < 4.78 is 5.55. The predicted molar refractivity (Wildman–Crippen MR) is 77.1 cm³/mol. The number of hydrogen-bond donors (Lipinski definition) is 2. The Morgan fingerprint density at radius 2 is 2.10 bits per heavy atom. The van der Waals surface area contributed by atoms with Crippen LogP contribution in [0.1, 0.15) is 33.1 Å². The molecular weight excluding hydrogens is 272 g/mol. The van der Waals surface area contributed by atoms with Crippen LogP contribution in [0.5, 0.6) is 5.88 Å². The highest BCUT2D eigenvalue weighted by atomic mass is 16.5. The fourth-order valence-electron chi connectivity index (χ4n) is 2.48. The van der Waals surface area contributed by atoms with E-state index in [0.717, 1.165) is 0 Å². The Bertz CT molecular complexity index is 530. The van der Waals surface area contributed by atoms with Crippen molar-refractivity contribution in [1.82, 2.24) is 4.98 Å². The molecule has 1 fully saturated rings. The van der Waals surface area contributed by atoms with Crippen molar-refractivity contribution in [2.24, 2.45) is 11.8 Å². The molecule has 0 bridgehead atoms. The molecule has 0 saturated heterocycles. The summed E-state index contributed by atoms with van der Waals surface area (Å²) in [5.74, 6) is -1.29. The number of rotatable bonds is 5. The van der Waals surface area contributed by atoms with E-state index in [1.807, 2.05) is 13.8 Å². The van der Waals surface area contributed by atoms with Gasteiger partial charge in [0.25, 0.3) is 0 Å². The van der Waals surface area contributed by atoms with Gasteiger partial charge in [-0.1, -0.05) is 0 Å². The Balaban J connectivity index is 2.02. The van der Waals surface area contributed by atoms with Crippen molar-refractivity contribution in [2.75, 3.05) is 5.32 Å². The number of hydrogen-bond acceptors (Lipinski definition) is 4. The van der Waals surface area contributed by atoms with Crippen molar-refractivity contribution < 1.29 is 19.4 Å². The van der Waals surface area contributed by atoms with Crippen LogP contribution in [0.4, 0.5) is 5.69 Å². The first-order valence-corrected chi connectivity index (χ1v) is 7.12. The Morgan fingerprint density at radius 3 is 2.71 bits per heavy atom. The third kappa shape index (κ3) is 3.93. The molecule has 1 aliphatic carbocycles. The van der Waals surface area contributed by atoms with Gasteiger partial charge in [0, 0.05) is 12.1 Å². The van der Waals surface area contributed by atoms with Gasteiger partial charge in [0.05, 0.1) is 12.0 Å². The van der Waals surface area contributed by atoms with Crippen LogP contribution in [-0.2, 0) is 9.59 Å². The van der Waals surface area contributed by atoms with Crippen molar-refractivity contribution in [3.8, 4) is 5.88 Å². The molecule has 21 heavy (non-hydrogen) atoms. The largest absolute Gasteiger partial charge is 0.481 e. The minimum absolute atomic E-state index is 0.0431. The number of pyridine rings is 1. The maximum atomic E-state index is 12.2. The van der Waals surface area contributed by atoms with E-state index in [9.17, 15) is 9.59 Å². The smallest absolute Gasteiger partial charge is 0.306 e. The monoisotopic (exact) mass is 292 g/mol. The molecule has 6 nitrogen and oxygen atoms in total. The average Bonchev–Trinajstić information content (AvgIpc) is 2.90. The number of aromatic nitrogens is 1. The molecule has 2 unspecified atom stereocenters. The highest BCUT2D eigenvalue weighted by molar-refractivity contribution is 5.94. The summed E-state index contributed by atoms with van der Waals surface area (Å²) in [6.45, 7) is 3.77.